The SMILES string of the molecule is CCCCCCCCCCCCCC(=O)C(CO)(NC(CO)C(=O)C[N+](C)(C)C)C(=O)CCCCCCCCCCCCC. The van der Waals surface area contributed by atoms with E-state index in [1.54, 1.807) is 0 Å². The molecule has 44 heavy (non-hydrogen) atoms. The number of aliphatic hydroxyl groups excluding tert-OH is 2. The standard InChI is InChI=1S/C37H73N2O5/c1-6-8-10-12-14-16-18-20-22-24-26-28-35(43)37(32-41,38-33(31-40)34(42)30-39(3,4)5)36(44)29-27-25-23-21-19-17-15-13-11-9-7-2/h33,38,40-41H,6-32H2,1-5H3/q+1. The molecule has 0 rings (SSSR count). The second kappa shape index (κ2) is 27.0. The van der Waals surface area contributed by atoms with Crippen molar-refractivity contribution in [3.63, 3.8) is 0 Å². The normalized spacial score (nSPS) is 12.9. The fourth-order valence-corrected chi connectivity index (χ4v) is 5.97. The van der Waals surface area contributed by atoms with Gasteiger partial charge in [0.2, 0.25) is 5.78 Å². The average molecular weight is 626 g/mol. The molecule has 0 fully saturated rings. The molecule has 0 aromatic carbocycles. The summed E-state index contributed by atoms with van der Waals surface area (Å²) in [5.41, 5.74) is -1.84. The van der Waals surface area contributed by atoms with E-state index in [9.17, 15) is 24.6 Å². The van der Waals surface area contributed by atoms with Crippen molar-refractivity contribution in [2.45, 2.75) is 180 Å². The molecule has 3 N–H and O–H groups in total. The molecular formula is C37H73N2O5+. The Morgan fingerprint density at radius 3 is 1.16 bits per heavy atom. The van der Waals surface area contributed by atoms with Gasteiger partial charge in [-0.15, -0.1) is 0 Å². The number of rotatable bonds is 33. The van der Waals surface area contributed by atoms with E-state index in [0.29, 0.717) is 17.3 Å². The molecule has 7 heteroatoms. The molecule has 260 valence electrons. The molecule has 7 nitrogen and oxygen atoms in total. The van der Waals surface area contributed by atoms with Gasteiger partial charge in [-0.1, -0.05) is 142 Å². The van der Waals surface area contributed by atoms with E-state index >= 15 is 0 Å². The molecule has 1 unspecified atom stereocenters. The third-order valence-electron chi connectivity index (χ3n) is 8.83. The lowest BCUT2D eigenvalue weighted by Crippen LogP contribution is -2.66. The molecule has 0 aliphatic rings. The van der Waals surface area contributed by atoms with Crippen molar-refractivity contribution in [2.24, 2.45) is 0 Å². The number of carbonyl (C=O) groups excluding carboxylic acids is 3. The van der Waals surface area contributed by atoms with Gasteiger partial charge in [0.1, 0.15) is 6.54 Å². The molecule has 0 aliphatic heterocycles. The van der Waals surface area contributed by atoms with E-state index in [1.807, 2.05) is 21.1 Å². The van der Waals surface area contributed by atoms with Crippen LogP contribution >= 0.6 is 0 Å². The third kappa shape index (κ3) is 20.8. The van der Waals surface area contributed by atoms with Gasteiger partial charge in [-0.2, -0.15) is 0 Å². The van der Waals surface area contributed by atoms with E-state index in [1.165, 1.54) is 89.9 Å². The fraction of sp³-hybridized carbons (Fsp3) is 0.919. The highest BCUT2D eigenvalue weighted by Crippen LogP contribution is 2.21. The highest BCUT2D eigenvalue weighted by molar-refractivity contribution is 6.12. The first-order valence-corrected chi connectivity index (χ1v) is 18.5. The first kappa shape index (κ1) is 42.9. The maximum Gasteiger partial charge on any atom is 0.205 e. The predicted molar refractivity (Wildman–Crippen MR) is 184 cm³/mol. The Bertz CT molecular complexity index is 696. The van der Waals surface area contributed by atoms with Gasteiger partial charge in [0, 0.05) is 12.8 Å². The van der Waals surface area contributed by atoms with Crippen LogP contribution in [-0.2, 0) is 14.4 Å². The minimum atomic E-state index is -1.84. The molecular weight excluding hydrogens is 552 g/mol. The van der Waals surface area contributed by atoms with Gasteiger partial charge < -0.3 is 14.7 Å². The zero-order chi connectivity index (χ0) is 33.1. The molecule has 0 heterocycles. The Labute approximate surface area is 271 Å². The summed E-state index contributed by atoms with van der Waals surface area (Å²) in [5.74, 6) is -0.996. The quantitative estimate of drug-likeness (QED) is 0.0397. The van der Waals surface area contributed by atoms with Crippen LogP contribution in [0.2, 0.25) is 0 Å². The van der Waals surface area contributed by atoms with E-state index in [-0.39, 0.29) is 36.7 Å². The van der Waals surface area contributed by atoms with E-state index in [4.69, 9.17) is 0 Å². The lowest BCUT2D eigenvalue weighted by Gasteiger charge is -2.34. The molecule has 0 bridgehead atoms. The first-order valence-electron chi connectivity index (χ1n) is 18.5. The molecule has 1 atom stereocenters. The Kier molecular flexibility index (Phi) is 26.3. The summed E-state index contributed by atoms with van der Waals surface area (Å²) in [6.45, 7) is 3.38. The Morgan fingerprint density at radius 1 is 0.568 bits per heavy atom. The first-order chi connectivity index (χ1) is 21.1. The molecule has 0 saturated heterocycles. The summed E-state index contributed by atoms with van der Waals surface area (Å²) in [4.78, 5) is 40.2. The van der Waals surface area contributed by atoms with Crippen molar-refractivity contribution in [3.8, 4) is 0 Å². The van der Waals surface area contributed by atoms with Crippen LogP contribution in [0, 0.1) is 0 Å². The zero-order valence-electron chi connectivity index (χ0n) is 29.7. The van der Waals surface area contributed by atoms with Gasteiger partial charge in [-0.25, -0.2) is 0 Å². The summed E-state index contributed by atoms with van der Waals surface area (Å²) < 4.78 is 0.364. The fourth-order valence-electron chi connectivity index (χ4n) is 5.97. The van der Waals surface area contributed by atoms with Gasteiger partial charge in [0.25, 0.3) is 0 Å². The average Bonchev–Trinajstić information content (AvgIpc) is 2.98. The molecule has 0 radical (unpaired) electrons. The number of aliphatic hydroxyl groups is 2. The minimum Gasteiger partial charge on any atom is -0.394 e. The number of unbranched alkanes of at least 4 members (excludes halogenated alkanes) is 20. The smallest absolute Gasteiger partial charge is 0.205 e. The van der Waals surface area contributed by atoms with E-state index in [2.05, 4.69) is 19.2 Å². The van der Waals surface area contributed by atoms with Crippen LogP contribution in [-0.4, -0.2) is 84.5 Å². The number of likely N-dealkylation sites (N-methyl/N-ethyl adjacent to an activating group) is 1. The summed E-state index contributed by atoms with van der Waals surface area (Å²) in [7, 11) is 5.63. The summed E-state index contributed by atoms with van der Waals surface area (Å²) in [6, 6.07) is -1.08. The van der Waals surface area contributed by atoms with Crippen molar-refractivity contribution in [3.05, 3.63) is 0 Å². The summed E-state index contributed by atoms with van der Waals surface area (Å²) >= 11 is 0. The monoisotopic (exact) mass is 626 g/mol. The number of quaternary nitrogens is 1. The van der Waals surface area contributed by atoms with Gasteiger partial charge in [0.05, 0.1) is 40.4 Å². The number of nitrogens with one attached hydrogen (secondary N) is 1. The molecule has 0 spiro atoms. The Balaban J connectivity index is 4.98. The number of hydrogen-bond donors (Lipinski definition) is 3. The second-order valence-corrected chi connectivity index (χ2v) is 14.3. The number of Topliss-reactive ketones (excluding diaryl/α,β-unsaturated/α-hetero) is 3. The van der Waals surface area contributed by atoms with Crippen molar-refractivity contribution in [1.29, 1.82) is 0 Å². The van der Waals surface area contributed by atoms with Crippen LogP contribution in [0.15, 0.2) is 0 Å². The third-order valence-corrected chi connectivity index (χ3v) is 8.83. The van der Waals surface area contributed by atoms with Gasteiger partial charge in [-0.05, 0) is 12.8 Å². The van der Waals surface area contributed by atoms with Gasteiger partial charge >= 0.3 is 0 Å². The van der Waals surface area contributed by atoms with Crippen molar-refractivity contribution < 1.29 is 29.1 Å². The van der Waals surface area contributed by atoms with Crippen molar-refractivity contribution in [1.82, 2.24) is 5.32 Å². The number of nitrogens with zero attached hydrogens (tertiary/aromatic N) is 1. The molecule has 0 amide bonds. The van der Waals surface area contributed by atoms with Crippen LogP contribution in [0.4, 0.5) is 0 Å². The minimum absolute atomic E-state index is 0.138. The summed E-state index contributed by atoms with van der Waals surface area (Å²) in [6.07, 6.45) is 25.9. The molecule has 0 aromatic heterocycles. The molecule has 0 aromatic rings. The van der Waals surface area contributed by atoms with Crippen LogP contribution in [0.1, 0.15) is 168 Å². The van der Waals surface area contributed by atoms with Gasteiger partial charge in [0.15, 0.2) is 17.1 Å². The van der Waals surface area contributed by atoms with Crippen LogP contribution in [0.25, 0.3) is 0 Å². The van der Waals surface area contributed by atoms with Crippen LogP contribution in [0.3, 0.4) is 0 Å². The number of carbonyl (C=O) groups is 3. The highest BCUT2D eigenvalue weighted by Gasteiger charge is 2.46. The number of ketones is 3. The van der Waals surface area contributed by atoms with E-state index in [0.717, 1.165) is 38.5 Å². The highest BCUT2D eigenvalue weighted by atomic mass is 16.3. The lowest BCUT2D eigenvalue weighted by atomic mass is 9.83. The number of hydrogen-bond acceptors (Lipinski definition) is 6. The van der Waals surface area contributed by atoms with Crippen LogP contribution in [0.5, 0.6) is 0 Å². The predicted octanol–water partition coefficient (Wildman–Crippen LogP) is 7.48. The molecule has 0 aliphatic carbocycles. The van der Waals surface area contributed by atoms with Crippen molar-refractivity contribution in [2.75, 3.05) is 40.9 Å². The van der Waals surface area contributed by atoms with Gasteiger partial charge in [-0.3, -0.25) is 19.7 Å². The van der Waals surface area contributed by atoms with Crippen LogP contribution < -0.4 is 5.32 Å². The zero-order valence-corrected chi connectivity index (χ0v) is 29.7. The van der Waals surface area contributed by atoms with E-state index < -0.39 is 24.8 Å². The van der Waals surface area contributed by atoms with Crippen molar-refractivity contribution >= 4 is 17.3 Å². The topological polar surface area (TPSA) is 104 Å². The largest absolute Gasteiger partial charge is 0.394 e. The lowest BCUT2D eigenvalue weighted by molar-refractivity contribution is -0.862. The molecule has 0 saturated carbocycles. The second-order valence-electron chi connectivity index (χ2n) is 14.3. The maximum absolute atomic E-state index is 13.6. The Morgan fingerprint density at radius 2 is 0.886 bits per heavy atom. The summed E-state index contributed by atoms with van der Waals surface area (Å²) in [5, 5.41) is 23.5. The maximum atomic E-state index is 13.6. The Hall–Kier alpha value is -1.15.